The summed E-state index contributed by atoms with van der Waals surface area (Å²) in [5.74, 6) is -2.12. The van der Waals surface area contributed by atoms with E-state index < -0.39 is 30.7 Å². The van der Waals surface area contributed by atoms with Gasteiger partial charge < -0.3 is 29.9 Å². The van der Waals surface area contributed by atoms with Gasteiger partial charge in [0.15, 0.2) is 0 Å². The lowest BCUT2D eigenvalue weighted by molar-refractivity contribution is -0.334. The van der Waals surface area contributed by atoms with Crippen LogP contribution in [0, 0.1) is 0 Å². The molecule has 1 saturated heterocycles. The first-order valence-electron chi connectivity index (χ1n) is 4.61. The van der Waals surface area contributed by atoms with Gasteiger partial charge in [0.05, 0.1) is 19.8 Å². The summed E-state index contributed by atoms with van der Waals surface area (Å²) in [6, 6.07) is 0. The van der Waals surface area contributed by atoms with Crippen LogP contribution >= 0.6 is 0 Å². The minimum Gasteiger partial charge on any atom is -0.391 e. The van der Waals surface area contributed by atoms with Crippen molar-refractivity contribution < 1.29 is 29.9 Å². The summed E-state index contributed by atoms with van der Waals surface area (Å²) in [4.78, 5) is 0. The van der Waals surface area contributed by atoms with Crippen molar-refractivity contribution in [3.63, 3.8) is 0 Å². The van der Waals surface area contributed by atoms with Crippen LogP contribution in [0.4, 0.5) is 0 Å². The van der Waals surface area contributed by atoms with Gasteiger partial charge in [0.1, 0.15) is 18.3 Å². The Balaban J connectivity index is 2.60. The van der Waals surface area contributed by atoms with Crippen molar-refractivity contribution in [3.8, 4) is 0 Å². The Kier molecular flexibility index (Phi) is 4.21. The van der Waals surface area contributed by atoms with Gasteiger partial charge in [-0.25, -0.2) is 0 Å². The van der Waals surface area contributed by atoms with Crippen LogP contribution < -0.4 is 0 Å². The molecule has 6 heteroatoms. The molecule has 1 aliphatic heterocycles. The van der Waals surface area contributed by atoms with Gasteiger partial charge in [0.25, 0.3) is 0 Å². The molecule has 1 aliphatic rings. The molecule has 0 radical (unpaired) electrons. The van der Waals surface area contributed by atoms with Crippen molar-refractivity contribution in [1.82, 2.24) is 0 Å². The third-order valence-corrected chi connectivity index (χ3v) is 2.32. The Hall–Kier alpha value is -0.500. The van der Waals surface area contributed by atoms with Crippen LogP contribution in [0.3, 0.4) is 0 Å². The summed E-state index contributed by atoms with van der Waals surface area (Å²) in [6.45, 7) is 2.74. The molecule has 0 aromatic heterocycles. The highest BCUT2D eigenvalue weighted by Crippen LogP contribution is 2.24. The average molecular weight is 220 g/mol. The lowest BCUT2D eigenvalue weighted by Gasteiger charge is -2.41. The maximum atomic E-state index is 9.57. The van der Waals surface area contributed by atoms with E-state index in [-0.39, 0.29) is 13.2 Å². The van der Waals surface area contributed by atoms with E-state index in [1.807, 2.05) is 0 Å². The monoisotopic (exact) mass is 220 g/mol. The number of ether oxygens (including phenoxy) is 2. The lowest BCUT2D eigenvalue weighted by atomic mass is 9.97. The fraction of sp³-hybridized carbons (Fsp3) is 0.778. The topological polar surface area (TPSA) is 99.4 Å². The quantitative estimate of drug-likeness (QED) is 0.409. The summed E-state index contributed by atoms with van der Waals surface area (Å²) in [7, 11) is 0. The molecule has 6 nitrogen and oxygen atoms in total. The van der Waals surface area contributed by atoms with Crippen molar-refractivity contribution in [2.24, 2.45) is 0 Å². The van der Waals surface area contributed by atoms with Crippen LogP contribution in [0.2, 0.25) is 0 Å². The zero-order chi connectivity index (χ0) is 11.5. The largest absolute Gasteiger partial charge is 0.391 e. The van der Waals surface area contributed by atoms with E-state index in [1.54, 1.807) is 0 Å². The second-order valence-electron chi connectivity index (χ2n) is 3.41. The van der Waals surface area contributed by atoms with E-state index in [1.165, 1.54) is 6.08 Å². The Labute approximate surface area is 87.4 Å². The van der Waals surface area contributed by atoms with Crippen molar-refractivity contribution >= 4 is 0 Å². The van der Waals surface area contributed by atoms with E-state index in [4.69, 9.17) is 14.6 Å². The van der Waals surface area contributed by atoms with Crippen LogP contribution in [0.15, 0.2) is 12.7 Å². The number of rotatable bonds is 4. The predicted octanol–water partition coefficient (Wildman–Crippen LogP) is -2.01. The summed E-state index contributed by atoms with van der Waals surface area (Å²) in [5, 5.41) is 37.3. The fourth-order valence-electron chi connectivity index (χ4n) is 1.36. The smallest absolute Gasteiger partial charge is 0.218 e. The highest BCUT2D eigenvalue weighted by Gasteiger charge is 2.48. The zero-order valence-electron chi connectivity index (χ0n) is 8.24. The normalized spacial score (nSPS) is 41.5. The van der Waals surface area contributed by atoms with Crippen LogP contribution in [0.1, 0.15) is 0 Å². The van der Waals surface area contributed by atoms with Crippen molar-refractivity contribution in [1.29, 1.82) is 0 Å². The molecule has 0 aromatic rings. The van der Waals surface area contributed by atoms with Gasteiger partial charge in [0, 0.05) is 0 Å². The molecule has 1 rings (SSSR count). The molecule has 0 aromatic carbocycles. The Morgan fingerprint density at radius 2 is 2.20 bits per heavy atom. The summed E-state index contributed by atoms with van der Waals surface area (Å²) >= 11 is 0. The molecular weight excluding hydrogens is 204 g/mol. The molecule has 88 valence electrons. The first-order chi connectivity index (χ1) is 7.05. The summed E-state index contributed by atoms with van der Waals surface area (Å²) < 4.78 is 9.95. The SMILES string of the molecule is C=CCO[C@@H]1CO[C@](O)(CO)[C@@H](O)[C@@H]1O. The molecule has 15 heavy (non-hydrogen) atoms. The molecule has 1 heterocycles. The fourth-order valence-corrected chi connectivity index (χ4v) is 1.36. The first kappa shape index (κ1) is 12.6. The molecule has 0 spiro atoms. The molecule has 0 saturated carbocycles. The van der Waals surface area contributed by atoms with Crippen LogP contribution in [0.5, 0.6) is 0 Å². The Morgan fingerprint density at radius 1 is 1.53 bits per heavy atom. The Morgan fingerprint density at radius 3 is 2.73 bits per heavy atom. The average Bonchev–Trinajstić information content (AvgIpc) is 2.25. The number of hydrogen-bond acceptors (Lipinski definition) is 6. The maximum absolute atomic E-state index is 9.57. The summed E-state index contributed by atoms with van der Waals surface area (Å²) in [6.07, 6.45) is -2.17. The molecule has 0 aliphatic carbocycles. The first-order valence-corrected chi connectivity index (χ1v) is 4.61. The van der Waals surface area contributed by atoms with E-state index in [0.29, 0.717) is 0 Å². The van der Waals surface area contributed by atoms with Gasteiger partial charge in [-0.1, -0.05) is 6.08 Å². The minimum atomic E-state index is -2.12. The Bertz CT molecular complexity index is 221. The van der Waals surface area contributed by atoms with Gasteiger partial charge >= 0.3 is 0 Å². The van der Waals surface area contributed by atoms with E-state index in [9.17, 15) is 15.3 Å². The number of aliphatic hydroxyl groups is 4. The van der Waals surface area contributed by atoms with Gasteiger partial charge in [-0.05, 0) is 0 Å². The van der Waals surface area contributed by atoms with Crippen molar-refractivity contribution in [3.05, 3.63) is 12.7 Å². The maximum Gasteiger partial charge on any atom is 0.218 e. The van der Waals surface area contributed by atoms with Gasteiger partial charge in [-0.3, -0.25) is 0 Å². The van der Waals surface area contributed by atoms with Gasteiger partial charge in [0.2, 0.25) is 5.79 Å². The van der Waals surface area contributed by atoms with E-state index in [2.05, 4.69) is 6.58 Å². The van der Waals surface area contributed by atoms with Gasteiger partial charge in [-0.2, -0.15) is 0 Å². The van der Waals surface area contributed by atoms with Crippen LogP contribution in [-0.4, -0.2) is 64.3 Å². The van der Waals surface area contributed by atoms with Crippen LogP contribution in [-0.2, 0) is 9.47 Å². The number of aliphatic hydroxyl groups excluding tert-OH is 3. The predicted molar refractivity (Wildman–Crippen MR) is 49.9 cm³/mol. The molecule has 0 bridgehead atoms. The standard InChI is InChI=1S/C9H16O6/c1-2-3-14-6-4-15-9(13,5-10)8(12)7(6)11/h2,6-8,10-13H,1,3-5H2/t6-,7-,8+,9-/m1/s1. The third-order valence-electron chi connectivity index (χ3n) is 2.32. The highest BCUT2D eigenvalue weighted by molar-refractivity contribution is 4.92. The minimum absolute atomic E-state index is 0.108. The van der Waals surface area contributed by atoms with E-state index >= 15 is 0 Å². The van der Waals surface area contributed by atoms with Crippen molar-refractivity contribution in [2.45, 2.75) is 24.1 Å². The third kappa shape index (κ3) is 2.54. The van der Waals surface area contributed by atoms with Crippen LogP contribution in [0.25, 0.3) is 0 Å². The second-order valence-corrected chi connectivity index (χ2v) is 3.41. The van der Waals surface area contributed by atoms with Gasteiger partial charge in [-0.15, -0.1) is 6.58 Å². The molecule has 1 fully saturated rings. The van der Waals surface area contributed by atoms with E-state index in [0.717, 1.165) is 0 Å². The molecule has 4 N–H and O–H groups in total. The lowest BCUT2D eigenvalue weighted by Crippen LogP contribution is -2.63. The number of hydrogen-bond donors (Lipinski definition) is 4. The summed E-state index contributed by atoms with van der Waals surface area (Å²) in [5.41, 5.74) is 0. The van der Waals surface area contributed by atoms with Crippen molar-refractivity contribution in [2.75, 3.05) is 19.8 Å². The molecule has 4 atom stereocenters. The molecule has 0 amide bonds. The highest BCUT2D eigenvalue weighted by atomic mass is 16.7. The second kappa shape index (κ2) is 5.02. The molecule has 0 unspecified atom stereocenters. The molecular formula is C9H16O6. The zero-order valence-corrected chi connectivity index (χ0v) is 8.24.